The summed E-state index contributed by atoms with van der Waals surface area (Å²) in [6.07, 6.45) is 5.15. The number of ether oxygens (including phenoxy) is 1. The van der Waals surface area contributed by atoms with Crippen molar-refractivity contribution >= 4 is 51.0 Å². The van der Waals surface area contributed by atoms with Crippen molar-refractivity contribution in [3.05, 3.63) is 24.4 Å². The van der Waals surface area contributed by atoms with E-state index < -0.39 is 42.3 Å². The van der Waals surface area contributed by atoms with E-state index in [1.165, 1.54) is 10.8 Å². The van der Waals surface area contributed by atoms with E-state index in [-0.39, 0.29) is 36.8 Å². The third-order valence-corrected chi connectivity index (χ3v) is 12.8. The van der Waals surface area contributed by atoms with Gasteiger partial charge in [-0.2, -0.15) is 8.62 Å². The largest absolute Gasteiger partial charge is 0.490 e. The van der Waals surface area contributed by atoms with E-state index in [1.807, 2.05) is 18.2 Å². The molecule has 1 aromatic rings. The molecule has 2 heterocycles. The molecule has 0 radical (unpaired) electrons. The molecule has 6 N–H and O–H groups in total. The minimum Gasteiger partial charge on any atom is -0.390 e. The van der Waals surface area contributed by atoms with E-state index >= 15 is 0 Å². The molecular weight excluding hydrogens is 681 g/mol. The van der Waals surface area contributed by atoms with Gasteiger partial charge >= 0.3 is 23.5 Å². The van der Waals surface area contributed by atoms with Crippen LogP contribution in [0.4, 0.5) is 0 Å². The Hall–Kier alpha value is -0.790. The molecule has 1 saturated carbocycles. The van der Waals surface area contributed by atoms with Crippen molar-refractivity contribution in [3.8, 4) is 11.8 Å². The molecule has 20 heteroatoms. The Kier molecular flexibility index (Phi) is 15.4. The highest BCUT2D eigenvalue weighted by Gasteiger charge is 2.43. The number of hydrogen-bond donors (Lipinski definition) is 6. The topological polar surface area (TPSA) is 231 Å². The van der Waals surface area contributed by atoms with Gasteiger partial charge in [0, 0.05) is 30.7 Å². The molecule has 248 valence electrons. The molecule has 2 aliphatic rings. The fourth-order valence-electron chi connectivity index (χ4n) is 4.76. The third kappa shape index (κ3) is 14.8. The standard InChI is InChI=1S/C24H37N2O13P3S2/c27-20-16-21(37-22(20)17-36-41(32,33)39-42(34,35)38-40(29,30)31)19-8-2-1-6-18(10-11-19)7-5-14-25-23(28)12-15-43-44-24-9-3-4-13-26-24/h3-4,9,13,18-22,27H,1-2,6,8,10-12,14-17H2,(H,25,28)(H,32,33)(H,34,35)(H2,29,30,31). The van der Waals surface area contributed by atoms with Gasteiger partial charge in [0.15, 0.2) is 0 Å². The zero-order valence-corrected chi connectivity index (χ0v) is 27.9. The maximum atomic E-state index is 12.1. The fraction of sp³-hybridized carbons (Fsp3) is 0.667. The first-order chi connectivity index (χ1) is 20.7. The smallest absolute Gasteiger partial charge is 0.390 e. The van der Waals surface area contributed by atoms with E-state index in [0.717, 1.165) is 43.6 Å². The van der Waals surface area contributed by atoms with Crippen LogP contribution in [0.2, 0.25) is 0 Å². The van der Waals surface area contributed by atoms with Crippen LogP contribution in [0.3, 0.4) is 0 Å². The van der Waals surface area contributed by atoms with Crippen LogP contribution in [-0.4, -0.2) is 72.8 Å². The molecule has 0 bridgehead atoms. The molecule has 2 fully saturated rings. The summed E-state index contributed by atoms with van der Waals surface area (Å²) >= 11 is 0. The number of nitrogens with one attached hydrogen (secondary N) is 1. The molecule has 1 amide bonds. The number of aliphatic hydroxyl groups is 1. The Morgan fingerprint density at radius 2 is 1.84 bits per heavy atom. The molecule has 1 aromatic heterocycles. The Morgan fingerprint density at radius 3 is 2.57 bits per heavy atom. The predicted molar refractivity (Wildman–Crippen MR) is 162 cm³/mol. The summed E-state index contributed by atoms with van der Waals surface area (Å²) in [4.78, 5) is 52.5. The van der Waals surface area contributed by atoms with Gasteiger partial charge in [-0.3, -0.25) is 9.32 Å². The van der Waals surface area contributed by atoms with E-state index in [0.29, 0.717) is 12.2 Å². The van der Waals surface area contributed by atoms with Crippen LogP contribution in [-0.2, 0) is 36.4 Å². The number of pyridine rings is 1. The molecular formula is C24H37N2O13P3S2. The Morgan fingerprint density at radius 1 is 1.07 bits per heavy atom. The Labute approximate surface area is 263 Å². The molecule has 1 aliphatic carbocycles. The monoisotopic (exact) mass is 718 g/mol. The van der Waals surface area contributed by atoms with Gasteiger partial charge in [0.2, 0.25) is 5.91 Å². The van der Waals surface area contributed by atoms with Gasteiger partial charge < -0.3 is 34.7 Å². The lowest BCUT2D eigenvalue weighted by Crippen LogP contribution is -2.27. The van der Waals surface area contributed by atoms with E-state index in [4.69, 9.17) is 14.5 Å². The van der Waals surface area contributed by atoms with Gasteiger partial charge in [0.1, 0.15) is 11.1 Å². The summed E-state index contributed by atoms with van der Waals surface area (Å²) in [6, 6.07) is 5.68. The molecule has 7 unspecified atom stereocenters. The number of aromatic nitrogens is 1. The van der Waals surface area contributed by atoms with Gasteiger partial charge in [-0.1, -0.05) is 41.5 Å². The molecule has 1 aliphatic heterocycles. The van der Waals surface area contributed by atoms with Crippen LogP contribution < -0.4 is 5.32 Å². The number of aliphatic hydroxyl groups excluding tert-OH is 1. The van der Waals surface area contributed by atoms with Crippen LogP contribution in [0, 0.1) is 23.7 Å². The second-order valence-electron chi connectivity index (χ2n) is 10.1. The van der Waals surface area contributed by atoms with Crippen molar-refractivity contribution in [1.29, 1.82) is 0 Å². The lowest BCUT2D eigenvalue weighted by atomic mass is 9.82. The molecule has 1 saturated heterocycles. The lowest BCUT2D eigenvalue weighted by Gasteiger charge is -2.27. The van der Waals surface area contributed by atoms with E-state index in [2.05, 4.69) is 35.3 Å². The highest BCUT2D eigenvalue weighted by Crippen LogP contribution is 2.66. The quantitative estimate of drug-likeness (QED) is 0.0695. The van der Waals surface area contributed by atoms with Crippen LogP contribution in [0.1, 0.15) is 51.4 Å². The summed E-state index contributed by atoms with van der Waals surface area (Å²) in [7, 11) is -13.4. The molecule has 44 heavy (non-hydrogen) atoms. The van der Waals surface area contributed by atoms with Gasteiger partial charge in [-0.15, -0.1) is 0 Å². The number of carbonyl (C=O) groups excluding carboxylic acids is 1. The zero-order valence-electron chi connectivity index (χ0n) is 23.6. The van der Waals surface area contributed by atoms with Gasteiger partial charge in [0.05, 0.1) is 25.4 Å². The number of hydrogen-bond acceptors (Lipinski definition) is 12. The minimum absolute atomic E-state index is 0.0643. The number of carbonyl (C=O) groups is 1. The summed E-state index contributed by atoms with van der Waals surface area (Å²) in [6.45, 7) is -0.415. The van der Waals surface area contributed by atoms with Gasteiger partial charge in [-0.25, -0.2) is 18.7 Å². The first-order valence-corrected chi connectivity index (χ1v) is 20.6. The summed E-state index contributed by atoms with van der Waals surface area (Å²) in [5.41, 5.74) is 0. The summed E-state index contributed by atoms with van der Waals surface area (Å²) < 4.78 is 52.2. The summed E-state index contributed by atoms with van der Waals surface area (Å²) in [5, 5.41) is 14.2. The molecule has 3 rings (SSSR count). The van der Waals surface area contributed by atoms with Crippen molar-refractivity contribution in [2.75, 3.05) is 18.9 Å². The van der Waals surface area contributed by atoms with Crippen molar-refractivity contribution in [2.45, 2.75) is 74.7 Å². The van der Waals surface area contributed by atoms with E-state index in [9.17, 15) is 33.4 Å². The van der Waals surface area contributed by atoms with Gasteiger partial charge in [-0.05, 0) is 54.5 Å². The van der Waals surface area contributed by atoms with Crippen molar-refractivity contribution in [3.63, 3.8) is 0 Å². The fourth-order valence-corrected chi connectivity index (χ4v) is 9.66. The molecule has 0 aromatic carbocycles. The summed E-state index contributed by atoms with van der Waals surface area (Å²) in [5.74, 6) is 7.15. The van der Waals surface area contributed by atoms with Crippen LogP contribution in [0.25, 0.3) is 0 Å². The van der Waals surface area contributed by atoms with Crippen LogP contribution >= 0.6 is 45.1 Å². The second-order valence-corrected chi connectivity index (χ2v) is 17.0. The first-order valence-electron chi connectivity index (χ1n) is 13.8. The SMILES string of the molecule is O=C(CCSSc1ccccn1)NCC#CC1CCCCC(C2CC(O)C(COP(=O)(O)OP(=O)(O)OP(=O)(O)O)O2)CC1. The lowest BCUT2D eigenvalue weighted by molar-refractivity contribution is -0.120. The highest BCUT2D eigenvalue weighted by atomic mass is 33.1. The number of phosphoric ester groups is 1. The normalized spacial score (nSPS) is 27.2. The van der Waals surface area contributed by atoms with E-state index in [1.54, 1.807) is 17.0 Å². The second kappa shape index (κ2) is 17.9. The number of phosphoric acid groups is 3. The average molecular weight is 719 g/mol. The van der Waals surface area contributed by atoms with Gasteiger partial charge in [0.25, 0.3) is 0 Å². The number of nitrogens with zero attached hydrogens (tertiary/aromatic N) is 1. The average Bonchev–Trinajstić information content (AvgIpc) is 3.27. The maximum absolute atomic E-state index is 12.1. The molecule has 0 spiro atoms. The highest BCUT2D eigenvalue weighted by molar-refractivity contribution is 8.76. The molecule has 7 atom stereocenters. The number of rotatable bonds is 14. The van der Waals surface area contributed by atoms with Crippen LogP contribution in [0.15, 0.2) is 29.4 Å². The Balaban J connectivity index is 1.38. The molecule has 15 nitrogen and oxygen atoms in total. The first kappa shape index (κ1) is 37.7. The maximum Gasteiger partial charge on any atom is 0.490 e. The third-order valence-electron chi connectivity index (χ3n) is 6.73. The minimum atomic E-state index is -5.63. The van der Waals surface area contributed by atoms with Crippen LogP contribution in [0.5, 0.6) is 0 Å². The zero-order chi connectivity index (χ0) is 32.2. The van der Waals surface area contributed by atoms with Crippen molar-refractivity contribution in [1.82, 2.24) is 10.3 Å². The van der Waals surface area contributed by atoms with Crippen molar-refractivity contribution in [2.24, 2.45) is 11.8 Å². The van der Waals surface area contributed by atoms with Crippen molar-refractivity contribution < 1.29 is 61.1 Å². The Bertz CT molecular complexity index is 1280. The number of amides is 1. The predicted octanol–water partition coefficient (Wildman–Crippen LogP) is 3.78.